The number of ether oxygens (including phenoxy) is 1. The Morgan fingerprint density at radius 1 is 1.20 bits per heavy atom. The van der Waals surface area contributed by atoms with Crippen LogP contribution in [0, 0.1) is 0 Å². The highest BCUT2D eigenvalue weighted by Crippen LogP contribution is 2.23. The lowest BCUT2D eigenvalue weighted by atomic mass is 10.4. The van der Waals surface area contributed by atoms with Gasteiger partial charge in [0.25, 0.3) is 0 Å². The van der Waals surface area contributed by atoms with E-state index >= 15 is 0 Å². The van der Waals surface area contributed by atoms with Crippen LogP contribution in [0.2, 0.25) is 0 Å². The maximum Gasteiger partial charge on any atom is 0.0820 e. The Balaban J connectivity index is 1.70. The molecule has 4 heteroatoms. The average molecular weight is 303 g/mol. The summed E-state index contributed by atoms with van der Waals surface area (Å²) in [4.78, 5) is 2.65. The quantitative estimate of drug-likeness (QED) is 0.747. The van der Waals surface area contributed by atoms with E-state index in [4.69, 9.17) is 4.74 Å². The first-order valence-electron chi connectivity index (χ1n) is 4.68. The summed E-state index contributed by atoms with van der Waals surface area (Å²) in [5.41, 5.74) is 0. The summed E-state index contributed by atoms with van der Waals surface area (Å²) >= 11 is 7.01. The smallest absolute Gasteiger partial charge is 0.0820 e. The molecule has 2 rings (SSSR count). The van der Waals surface area contributed by atoms with E-state index in [1.807, 2.05) is 0 Å². The maximum atomic E-state index is 5.62. The van der Waals surface area contributed by atoms with Crippen LogP contribution >= 0.6 is 38.6 Å². The topological polar surface area (TPSA) is 9.23 Å². The fourth-order valence-corrected chi connectivity index (χ4v) is 3.31. The second kappa shape index (κ2) is 5.80. The molecule has 0 amide bonds. The first kappa shape index (κ1) is 11.3. The van der Waals surface area contributed by atoms with Crippen LogP contribution in [0.25, 0.3) is 0 Å². The standard InChI is InChI=1S/C11H11BrOS2/c12-10-4-7-15-11(10)8-13-5-3-9-2-1-6-14-9/h1-2,4,6-7H,3,5,8H2. The van der Waals surface area contributed by atoms with Gasteiger partial charge in [-0.15, -0.1) is 22.7 Å². The number of thiophene rings is 2. The lowest BCUT2D eigenvalue weighted by Gasteiger charge is -2.01. The van der Waals surface area contributed by atoms with Gasteiger partial charge in [0.05, 0.1) is 13.2 Å². The van der Waals surface area contributed by atoms with Gasteiger partial charge in [-0.2, -0.15) is 0 Å². The molecule has 0 aromatic carbocycles. The molecule has 0 spiro atoms. The fraction of sp³-hybridized carbons (Fsp3) is 0.273. The van der Waals surface area contributed by atoms with Gasteiger partial charge in [-0.3, -0.25) is 0 Å². The van der Waals surface area contributed by atoms with Gasteiger partial charge in [-0.25, -0.2) is 0 Å². The Morgan fingerprint density at radius 2 is 2.13 bits per heavy atom. The van der Waals surface area contributed by atoms with Crippen LogP contribution in [0.3, 0.4) is 0 Å². The number of hydrogen-bond acceptors (Lipinski definition) is 3. The minimum atomic E-state index is 0.712. The van der Waals surface area contributed by atoms with Crippen molar-refractivity contribution in [2.24, 2.45) is 0 Å². The van der Waals surface area contributed by atoms with E-state index in [2.05, 4.69) is 44.9 Å². The van der Waals surface area contributed by atoms with Gasteiger partial charge in [0.15, 0.2) is 0 Å². The van der Waals surface area contributed by atoms with Crippen molar-refractivity contribution >= 4 is 38.6 Å². The molecule has 2 aromatic heterocycles. The highest BCUT2D eigenvalue weighted by molar-refractivity contribution is 9.10. The monoisotopic (exact) mass is 302 g/mol. The lowest BCUT2D eigenvalue weighted by molar-refractivity contribution is 0.126. The van der Waals surface area contributed by atoms with Crippen LogP contribution in [0.1, 0.15) is 9.75 Å². The van der Waals surface area contributed by atoms with Gasteiger partial charge in [0.2, 0.25) is 0 Å². The molecule has 0 aliphatic heterocycles. The van der Waals surface area contributed by atoms with Crippen molar-refractivity contribution in [2.45, 2.75) is 13.0 Å². The normalized spacial score (nSPS) is 10.7. The first-order valence-corrected chi connectivity index (χ1v) is 7.23. The van der Waals surface area contributed by atoms with E-state index in [-0.39, 0.29) is 0 Å². The van der Waals surface area contributed by atoms with Crippen molar-refractivity contribution in [3.05, 3.63) is 43.2 Å². The molecule has 0 radical (unpaired) electrons. The highest BCUT2D eigenvalue weighted by atomic mass is 79.9. The van der Waals surface area contributed by atoms with Gasteiger partial charge in [0, 0.05) is 20.6 Å². The van der Waals surface area contributed by atoms with Crippen LogP contribution in [0.4, 0.5) is 0 Å². The molecule has 2 heterocycles. The predicted octanol–water partition coefficient (Wildman–Crippen LogP) is 4.33. The van der Waals surface area contributed by atoms with Crippen LogP contribution in [-0.2, 0) is 17.8 Å². The van der Waals surface area contributed by atoms with E-state index < -0.39 is 0 Å². The lowest BCUT2D eigenvalue weighted by Crippen LogP contribution is -1.96. The van der Waals surface area contributed by atoms with Crippen molar-refractivity contribution in [3.8, 4) is 0 Å². The third-order valence-electron chi connectivity index (χ3n) is 2.00. The zero-order valence-electron chi connectivity index (χ0n) is 8.11. The Kier molecular flexibility index (Phi) is 4.38. The molecular formula is C11H11BrOS2. The van der Waals surface area contributed by atoms with Crippen molar-refractivity contribution in [3.63, 3.8) is 0 Å². The Bertz CT molecular complexity index is 394. The summed E-state index contributed by atoms with van der Waals surface area (Å²) in [6.45, 7) is 1.51. The highest BCUT2D eigenvalue weighted by Gasteiger charge is 2.01. The SMILES string of the molecule is Brc1ccsc1COCCc1cccs1. The molecule has 0 aliphatic carbocycles. The molecule has 2 aromatic rings. The van der Waals surface area contributed by atoms with E-state index in [0.29, 0.717) is 6.61 Å². The molecule has 15 heavy (non-hydrogen) atoms. The van der Waals surface area contributed by atoms with Crippen LogP contribution < -0.4 is 0 Å². The molecule has 0 saturated heterocycles. The Hall–Kier alpha value is -0.160. The van der Waals surface area contributed by atoms with Crippen molar-refractivity contribution < 1.29 is 4.74 Å². The van der Waals surface area contributed by atoms with Gasteiger partial charge >= 0.3 is 0 Å². The molecule has 0 atom stereocenters. The number of rotatable bonds is 5. The Morgan fingerprint density at radius 3 is 2.80 bits per heavy atom. The van der Waals surface area contributed by atoms with E-state index in [9.17, 15) is 0 Å². The number of halogens is 1. The second-order valence-electron chi connectivity index (χ2n) is 3.07. The minimum Gasteiger partial charge on any atom is -0.376 e. The van der Waals surface area contributed by atoms with Crippen LogP contribution in [-0.4, -0.2) is 6.61 Å². The minimum absolute atomic E-state index is 0.712. The van der Waals surface area contributed by atoms with Gasteiger partial charge in [-0.05, 0) is 38.8 Å². The number of hydrogen-bond donors (Lipinski definition) is 0. The molecule has 0 unspecified atom stereocenters. The van der Waals surface area contributed by atoms with Gasteiger partial charge < -0.3 is 4.74 Å². The molecule has 0 N–H and O–H groups in total. The summed E-state index contributed by atoms with van der Waals surface area (Å²) in [5, 5.41) is 4.17. The molecule has 80 valence electrons. The summed E-state index contributed by atoms with van der Waals surface area (Å²) < 4.78 is 6.78. The largest absolute Gasteiger partial charge is 0.376 e. The van der Waals surface area contributed by atoms with Gasteiger partial charge in [-0.1, -0.05) is 6.07 Å². The first-order chi connectivity index (χ1) is 7.36. The average Bonchev–Trinajstić information content (AvgIpc) is 2.85. The molecule has 0 fully saturated rings. The fourth-order valence-electron chi connectivity index (χ4n) is 1.22. The second-order valence-corrected chi connectivity index (χ2v) is 5.96. The van der Waals surface area contributed by atoms with Crippen molar-refractivity contribution in [2.75, 3.05) is 6.61 Å². The summed E-state index contributed by atoms with van der Waals surface area (Å²) in [6, 6.07) is 6.29. The third kappa shape index (κ3) is 3.41. The summed E-state index contributed by atoms with van der Waals surface area (Å²) in [5.74, 6) is 0. The van der Waals surface area contributed by atoms with Crippen molar-refractivity contribution in [1.29, 1.82) is 0 Å². The molecular weight excluding hydrogens is 292 g/mol. The molecule has 0 saturated carbocycles. The van der Waals surface area contributed by atoms with Crippen LogP contribution in [0.15, 0.2) is 33.4 Å². The summed E-state index contributed by atoms with van der Waals surface area (Å²) in [6.07, 6.45) is 1.01. The van der Waals surface area contributed by atoms with E-state index in [0.717, 1.165) is 17.5 Å². The molecule has 0 bridgehead atoms. The third-order valence-corrected chi connectivity index (χ3v) is 4.83. The molecule has 1 nitrogen and oxygen atoms in total. The maximum absolute atomic E-state index is 5.62. The van der Waals surface area contributed by atoms with E-state index in [1.54, 1.807) is 22.7 Å². The Labute approximate surface area is 106 Å². The zero-order chi connectivity index (χ0) is 10.5. The summed E-state index contributed by atoms with van der Waals surface area (Å²) in [7, 11) is 0. The zero-order valence-corrected chi connectivity index (χ0v) is 11.3. The van der Waals surface area contributed by atoms with E-state index in [1.165, 1.54) is 9.75 Å². The van der Waals surface area contributed by atoms with Crippen molar-refractivity contribution in [1.82, 2.24) is 0 Å². The predicted molar refractivity (Wildman–Crippen MR) is 69.7 cm³/mol. The van der Waals surface area contributed by atoms with Gasteiger partial charge in [0.1, 0.15) is 0 Å². The van der Waals surface area contributed by atoms with Crippen LogP contribution in [0.5, 0.6) is 0 Å². The molecule has 0 aliphatic rings.